The van der Waals surface area contributed by atoms with Gasteiger partial charge in [-0.05, 0) is 37.3 Å². The van der Waals surface area contributed by atoms with Gasteiger partial charge in [-0.1, -0.05) is 19.9 Å². The third-order valence-corrected chi connectivity index (χ3v) is 3.78. The van der Waals surface area contributed by atoms with Crippen LogP contribution in [0.2, 0.25) is 0 Å². The molecule has 0 bridgehead atoms. The van der Waals surface area contributed by atoms with Gasteiger partial charge in [0.15, 0.2) is 0 Å². The average molecular weight is 261 g/mol. The van der Waals surface area contributed by atoms with E-state index in [-0.39, 0.29) is 5.91 Å². The number of nitrogens with zero attached hydrogens (tertiary/aromatic N) is 2. The minimum atomic E-state index is 0.0582. The Balaban J connectivity index is 2.06. The van der Waals surface area contributed by atoms with E-state index >= 15 is 0 Å². The highest BCUT2D eigenvalue weighted by atomic mass is 16.2. The second-order valence-corrected chi connectivity index (χ2v) is 5.48. The van der Waals surface area contributed by atoms with Gasteiger partial charge in [0.05, 0.1) is 0 Å². The molecule has 104 valence electrons. The van der Waals surface area contributed by atoms with Crippen molar-refractivity contribution >= 4 is 11.7 Å². The number of nitrogens with one attached hydrogen (secondary N) is 1. The normalized spacial score (nSPS) is 18.9. The second-order valence-electron chi connectivity index (χ2n) is 5.48. The Hall–Kier alpha value is -1.58. The maximum atomic E-state index is 12.4. The predicted molar refractivity (Wildman–Crippen MR) is 77.2 cm³/mol. The first kappa shape index (κ1) is 13.8. The second kappa shape index (κ2) is 6.04. The minimum Gasteiger partial charge on any atom is -0.370 e. The fourth-order valence-corrected chi connectivity index (χ4v) is 2.51. The average Bonchev–Trinajstić information content (AvgIpc) is 2.88. The van der Waals surface area contributed by atoms with Gasteiger partial charge in [-0.15, -0.1) is 0 Å². The van der Waals surface area contributed by atoms with Crippen molar-refractivity contribution in [2.24, 2.45) is 11.8 Å². The van der Waals surface area contributed by atoms with Gasteiger partial charge >= 0.3 is 0 Å². The molecule has 1 atom stereocenters. The molecule has 1 aliphatic heterocycles. The molecule has 4 heteroatoms. The van der Waals surface area contributed by atoms with E-state index in [2.05, 4.69) is 24.1 Å². The summed E-state index contributed by atoms with van der Waals surface area (Å²) in [6.45, 7) is 9.00. The first-order chi connectivity index (χ1) is 9.11. The number of rotatable bonds is 4. The summed E-state index contributed by atoms with van der Waals surface area (Å²) in [7, 11) is 0. The van der Waals surface area contributed by atoms with Crippen molar-refractivity contribution < 1.29 is 4.79 Å². The summed E-state index contributed by atoms with van der Waals surface area (Å²) in [5.41, 5.74) is 0.544. The van der Waals surface area contributed by atoms with Crippen molar-refractivity contribution in [2.75, 3.05) is 25.0 Å². The molecule has 1 saturated heterocycles. The van der Waals surface area contributed by atoms with Crippen molar-refractivity contribution in [2.45, 2.75) is 27.2 Å². The lowest BCUT2D eigenvalue weighted by Crippen LogP contribution is -2.30. The lowest BCUT2D eigenvalue weighted by atomic mass is 9.95. The van der Waals surface area contributed by atoms with E-state index in [0.29, 0.717) is 17.5 Å². The molecule has 2 heterocycles. The molecule has 0 aromatic carbocycles. The summed E-state index contributed by atoms with van der Waals surface area (Å²) < 4.78 is 0. The van der Waals surface area contributed by atoms with Crippen LogP contribution in [-0.4, -0.2) is 35.4 Å². The summed E-state index contributed by atoms with van der Waals surface area (Å²) in [5, 5.41) is 3.14. The van der Waals surface area contributed by atoms with Crippen LogP contribution in [0.15, 0.2) is 18.2 Å². The highest BCUT2D eigenvalue weighted by Crippen LogP contribution is 2.24. The van der Waals surface area contributed by atoms with Gasteiger partial charge in [0.25, 0.3) is 5.91 Å². The lowest BCUT2D eigenvalue weighted by molar-refractivity contribution is 0.0778. The van der Waals surface area contributed by atoms with Crippen LogP contribution >= 0.6 is 0 Å². The molecule has 1 aromatic heterocycles. The van der Waals surface area contributed by atoms with Crippen LogP contribution in [0.3, 0.4) is 0 Å². The predicted octanol–water partition coefficient (Wildman–Crippen LogP) is 2.63. The van der Waals surface area contributed by atoms with E-state index < -0.39 is 0 Å². The van der Waals surface area contributed by atoms with E-state index in [1.54, 1.807) is 6.07 Å². The number of amides is 1. The highest BCUT2D eigenvalue weighted by Gasteiger charge is 2.29. The molecule has 1 aliphatic rings. The molecular weight excluding hydrogens is 238 g/mol. The maximum Gasteiger partial charge on any atom is 0.272 e. The zero-order chi connectivity index (χ0) is 13.8. The SMILES string of the molecule is CCNc1cccc(C(=O)N2CCC(C(C)C)C2)n1. The van der Waals surface area contributed by atoms with Crippen molar-refractivity contribution in [3.63, 3.8) is 0 Å². The number of carbonyl (C=O) groups excluding carboxylic acids is 1. The number of aromatic nitrogens is 1. The summed E-state index contributed by atoms with van der Waals surface area (Å²) in [6, 6.07) is 5.57. The molecule has 1 fully saturated rings. The Morgan fingerprint density at radius 3 is 2.95 bits per heavy atom. The van der Waals surface area contributed by atoms with Crippen LogP contribution < -0.4 is 5.32 Å². The van der Waals surface area contributed by atoms with E-state index in [9.17, 15) is 4.79 Å². The number of likely N-dealkylation sites (tertiary alicyclic amines) is 1. The maximum absolute atomic E-state index is 12.4. The number of anilines is 1. The quantitative estimate of drug-likeness (QED) is 0.906. The van der Waals surface area contributed by atoms with Gasteiger partial charge in [-0.2, -0.15) is 0 Å². The zero-order valence-corrected chi connectivity index (χ0v) is 12.0. The fraction of sp³-hybridized carbons (Fsp3) is 0.600. The topological polar surface area (TPSA) is 45.2 Å². The summed E-state index contributed by atoms with van der Waals surface area (Å²) in [5.74, 6) is 2.09. The largest absolute Gasteiger partial charge is 0.370 e. The minimum absolute atomic E-state index is 0.0582. The van der Waals surface area contributed by atoms with E-state index in [1.807, 2.05) is 24.0 Å². The van der Waals surface area contributed by atoms with Gasteiger partial charge in [0, 0.05) is 19.6 Å². The third kappa shape index (κ3) is 3.25. The standard InChI is InChI=1S/C15H23N3O/c1-4-16-14-7-5-6-13(17-14)15(19)18-9-8-12(10-18)11(2)3/h5-7,11-12H,4,8-10H2,1-3H3,(H,16,17). The Bertz CT molecular complexity index is 445. The smallest absolute Gasteiger partial charge is 0.272 e. The molecular formula is C15H23N3O. The van der Waals surface area contributed by atoms with Crippen molar-refractivity contribution in [3.05, 3.63) is 23.9 Å². The Morgan fingerprint density at radius 2 is 2.32 bits per heavy atom. The molecule has 0 saturated carbocycles. The Labute approximate surface area is 115 Å². The van der Waals surface area contributed by atoms with Crippen LogP contribution in [0.4, 0.5) is 5.82 Å². The Morgan fingerprint density at radius 1 is 1.53 bits per heavy atom. The molecule has 19 heavy (non-hydrogen) atoms. The van der Waals surface area contributed by atoms with Gasteiger partial charge in [0.2, 0.25) is 0 Å². The molecule has 0 aliphatic carbocycles. The molecule has 1 N–H and O–H groups in total. The summed E-state index contributed by atoms with van der Waals surface area (Å²) in [6.07, 6.45) is 1.11. The third-order valence-electron chi connectivity index (χ3n) is 3.78. The van der Waals surface area contributed by atoms with E-state index in [4.69, 9.17) is 0 Å². The lowest BCUT2D eigenvalue weighted by Gasteiger charge is -2.18. The van der Waals surface area contributed by atoms with Crippen LogP contribution in [0.5, 0.6) is 0 Å². The Kier molecular flexibility index (Phi) is 4.40. The van der Waals surface area contributed by atoms with Crippen molar-refractivity contribution in [1.82, 2.24) is 9.88 Å². The number of hydrogen-bond acceptors (Lipinski definition) is 3. The van der Waals surface area contributed by atoms with Crippen LogP contribution in [0, 0.1) is 11.8 Å². The van der Waals surface area contributed by atoms with Crippen molar-refractivity contribution in [1.29, 1.82) is 0 Å². The highest BCUT2D eigenvalue weighted by molar-refractivity contribution is 5.92. The van der Waals surface area contributed by atoms with Crippen molar-refractivity contribution in [3.8, 4) is 0 Å². The van der Waals surface area contributed by atoms with Gasteiger partial charge in [0.1, 0.15) is 11.5 Å². The van der Waals surface area contributed by atoms with Gasteiger partial charge in [-0.25, -0.2) is 4.98 Å². The molecule has 0 radical (unpaired) electrons. The molecule has 2 rings (SSSR count). The fourth-order valence-electron chi connectivity index (χ4n) is 2.51. The summed E-state index contributed by atoms with van der Waals surface area (Å²) >= 11 is 0. The van der Waals surface area contributed by atoms with E-state index in [1.165, 1.54) is 0 Å². The summed E-state index contributed by atoms with van der Waals surface area (Å²) in [4.78, 5) is 18.7. The van der Waals surface area contributed by atoms with Crippen LogP contribution in [-0.2, 0) is 0 Å². The molecule has 1 amide bonds. The van der Waals surface area contributed by atoms with E-state index in [0.717, 1.165) is 31.9 Å². The molecule has 1 aromatic rings. The number of hydrogen-bond donors (Lipinski definition) is 1. The van der Waals surface area contributed by atoms with Gasteiger partial charge in [-0.3, -0.25) is 4.79 Å². The zero-order valence-electron chi connectivity index (χ0n) is 12.0. The number of pyridine rings is 1. The monoisotopic (exact) mass is 261 g/mol. The van der Waals surface area contributed by atoms with Gasteiger partial charge < -0.3 is 10.2 Å². The van der Waals surface area contributed by atoms with Crippen LogP contribution in [0.25, 0.3) is 0 Å². The first-order valence-electron chi connectivity index (χ1n) is 7.12. The molecule has 4 nitrogen and oxygen atoms in total. The van der Waals surface area contributed by atoms with Crippen LogP contribution in [0.1, 0.15) is 37.7 Å². The molecule has 1 unspecified atom stereocenters. The number of carbonyl (C=O) groups is 1. The molecule has 0 spiro atoms. The first-order valence-corrected chi connectivity index (χ1v) is 7.12.